The lowest BCUT2D eigenvalue weighted by Gasteiger charge is -2.06. The second kappa shape index (κ2) is 6.33. The molecule has 0 fully saturated rings. The summed E-state index contributed by atoms with van der Waals surface area (Å²) in [5.74, 6) is -0.320. The summed E-state index contributed by atoms with van der Waals surface area (Å²) >= 11 is 0. The van der Waals surface area contributed by atoms with E-state index in [1.54, 1.807) is 6.07 Å². The average molecular weight is 336 g/mol. The number of rotatable bonds is 4. The molecule has 25 heavy (non-hydrogen) atoms. The second-order valence-corrected chi connectivity index (χ2v) is 5.09. The van der Waals surface area contributed by atoms with Crippen molar-refractivity contribution in [3.63, 3.8) is 0 Å². The molecule has 0 radical (unpaired) electrons. The van der Waals surface area contributed by atoms with Gasteiger partial charge in [0.05, 0.1) is 34.2 Å². The number of imidazole rings is 1. The number of allylic oxidation sites excluding steroid dienone is 1. The highest BCUT2D eigenvalue weighted by atomic mass is 16.6. The van der Waals surface area contributed by atoms with E-state index in [0.717, 1.165) is 5.52 Å². The number of aromatic amines is 1. The van der Waals surface area contributed by atoms with E-state index in [1.807, 2.05) is 24.3 Å². The van der Waals surface area contributed by atoms with Crippen molar-refractivity contribution in [3.05, 3.63) is 57.9 Å². The summed E-state index contributed by atoms with van der Waals surface area (Å²) in [5, 5.41) is 30.6. The minimum absolute atomic E-state index is 0.118. The number of para-hydroxylation sites is 2. The molecule has 0 saturated heterocycles. The Bertz CT molecular complexity index is 1010. The standard InChI is InChI=1S/C17H12N4O4/c1-25-16-14(22)7-6-10(15(16)21(23)24)8-11(9-18)17-19-12-4-2-3-5-13(12)20-17/h2-8,22H,1H3,(H,19,20)/b11-8-. The molecular weight excluding hydrogens is 324 g/mol. The van der Waals surface area contributed by atoms with Gasteiger partial charge in [0.1, 0.15) is 11.9 Å². The van der Waals surface area contributed by atoms with Crippen molar-refractivity contribution < 1.29 is 14.8 Å². The van der Waals surface area contributed by atoms with Gasteiger partial charge in [-0.05, 0) is 30.3 Å². The number of H-pyrrole nitrogens is 1. The Hall–Kier alpha value is -3.86. The maximum absolute atomic E-state index is 11.4. The molecule has 0 aliphatic carbocycles. The second-order valence-electron chi connectivity index (χ2n) is 5.09. The molecule has 1 heterocycles. The maximum atomic E-state index is 11.4. The van der Waals surface area contributed by atoms with Crippen molar-refractivity contribution in [2.75, 3.05) is 7.11 Å². The molecule has 0 aliphatic heterocycles. The molecular formula is C17H12N4O4. The third kappa shape index (κ3) is 2.86. The highest BCUT2D eigenvalue weighted by molar-refractivity contribution is 5.92. The summed E-state index contributed by atoms with van der Waals surface area (Å²) in [6.45, 7) is 0. The molecule has 124 valence electrons. The van der Waals surface area contributed by atoms with Crippen LogP contribution in [0.15, 0.2) is 36.4 Å². The molecule has 0 amide bonds. The number of phenols is 1. The lowest BCUT2D eigenvalue weighted by Crippen LogP contribution is -1.97. The van der Waals surface area contributed by atoms with Gasteiger partial charge in [-0.15, -0.1) is 0 Å². The number of aromatic hydroxyl groups is 1. The van der Waals surface area contributed by atoms with Crippen LogP contribution in [-0.4, -0.2) is 27.1 Å². The largest absolute Gasteiger partial charge is 0.504 e. The van der Waals surface area contributed by atoms with Crippen LogP contribution in [0.4, 0.5) is 5.69 Å². The van der Waals surface area contributed by atoms with Crippen LogP contribution in [0.2, 0.25) is 0 Å². The third-order valence-electron chi connectivity index (χ3n) is 3.59. The Kier molecular flexibility index (Phi) is 4.05. The number of nitro groups is 1. The van der Waals surface area contributed by atoms with Crippen LogP contribution in [0, 0.1) is 21.4 Å². The zero-order chi connectivity index (χ0) is 18.0. The number of nitrogens with zero attached hydrogens (tertiary/aromatic N) is 3. The van der Waals surface area contributed by atoms with E-state index < -0.39 is 10.6 Å². The zero-order valence-electron chi connectivity index (χ0n) is 13.1. The molecule has 0 bridgehead atoms. The quantitative estimate of drug-likeness (QED) is 0.428. The lowest BCUT2D eigenvalue weighted by molar-refractivity contribution is -0.386. The summed E-state index contributed by atoms with van der Waals surface area (Å²) < 4.78 is 4.92. The Morgan fingerprint density at radius 1 is 1.40 bits per heavy atom. The van der Waals surface area contributed by atoms with Crippen molar-refractivity contribution >= 4 is 28.4 Å². The molecule has 1 aromatic heterocycles. The summed E-state index contributed by atoms with van der Waals surface area (Å²) in [6, 6.07) is 11.8. The van der Waals surface area contributed by atoms with Crippen molar-refractivity contribution in [1.29, 1.82) is 5.26 Å². The first-order valence-corrected chi connectivity index (χ1v) is 7.16. The summed E-state index contributed by atoms with van der Waals surface area (Å²) in [7, 11) is 1.22. The van der Waals surface area contributed by atoms with Gasteiger partial charge in [0.15, 0.2) is 5.75 Å². The minimum atomic E-state index is -0.669. The maximum Gasteiger partial charge on any atom is 0.322 e. The third-order valence-corrected chi connectivity index (χ3v) is 3.59. The fourth-order valence-electron chi connectivity index (χ4n) is 2.47. The van der Waals surface area contributed by atoms with E-state index in [2.05, 4.69) is 9.97 Å². The van der Waals surface area contributed by atoms with Crippen LogP contribution in [0.3, 0.4) is 0 Å². The van der Waals surface area contributed by atoms with E-state index >= 15 is 0 Å². The van der Waals surface area contributed by atoms with Gasteiger partial charge in [0.2, 0.25) is 5.75 Å². The first kappa shape index (κ1) is 16.0. The number of fused-ring (bicyclic) bond motifs is 1. The van der Waals surface area contributed by atoms with Crippen molar-refractivity contribution in [1.82, 2.24) is 9.97 Å². The fraction of sp³-hybridized carbons (Fsp3) is 0.0588. The molecule has 8 heteroatoms. The molecule has 3 rings (SSSR count). The van der Waals surface area contributed by atoms with Gasteiger partial charge < -0.3 is 14.8 Å². The van der Waals surface area contributed by atoms with Gasteiger partial charge >= 0.3 is 5.69 Å². The van der Waals surface area contributed by atoms with E-state index in [1.165, 1.54) is 25.3 Å². The number of aromatic nitrogens is 2. The highest BCUT2D eigenvalue weighted by Crippen LogP contribution is 2.40. The Balaban J connectivity index is 2.18. The predicted molar refractivity (Wildman–Crippen MR) is 90.9 cm³/mol. The number of methoxy groups -OCH3 is 1. The van der Waals surface area contributed by atoms with Gasteiger partial charge in [0.25, 0.3) is 0 Å². The van der Waals surface area contributed by atoms with Crippen molar-refractivity contribution in [3.8, 4) is 17.6 Å². The number of benzene rings is 2. The van der Waals surface area contributed by atoms with E-state index in [9.17, 15) is 20.5 Å². The molecule has 0 aliphatic rings. The Morgan fingerprint density at radius 3 is 2.80 bits per heavy atom. The average Bonchev–Trinajstić information content (AvgIpc) is 3.03. The smallest absolute Gasteiger partial charge is 0.322 e. The van der Waals surface area contributed by atoms with E-state index in [-0.39, 0.29) is 22.6 Å². The van der Waals surface area contributed by atoms with Gasteiger partial charge in [0, 0.05) is 0 Å². The first-order chi connectivity index (χ1) is 12.0. The molecule has 0 atom stereocenters. The molecule has 0 unspecified atom stereocenters. The summed E-state index contributed by atoms with van der Waals surface area (Å²) in [6.07, 6.45) is 1.33. The fourth-order valence-corrected chi connectivity index (χ4v) is 2.47. The number of phenolic OH excluding ortho intramolecular Hbond substituents is 1. The number of hydrogen-bond acceptors (Lipinski definition) is 6. The predicted octanol–water partition coefficient (Wildman–Crippen LogP) is 3.25. The number of hydrogen-bond donors (Lipinski definition) is 2. The first-order valence-electron chi connectivity index (χ1n) is 7.16. The van der Waals surface area contributed by atoms with Crippen LogP contribution < -0.4 is 4.74 Å². The Labute approximate surface area is 141 Å². The van der Waals surface area contributed by atoms with Crippen LogP contribution in [-0.2, 0) is 0 Å². The van der Waals surface area contributed by atoms with Crippen LogP contribution in [0.5, 0.6) is 11.5 Å². The zero-order valence-corrected chi connectivity index (χ0v) is 13.1. The van der Waals surface area contributed by atoms with Crippen LogP contribution in [0.25, 0.3) is 22.7 Å². The summed E-state index contributed by atoms with van der Waals surface area (Å²) in [5.41, 5.74) is 1.24. The molecule has 2 aromatic carbocycles. The molecule has 8 nitrogen and oxygen atoms in total. The van der Waals surface area contributed by atoms with Crippen LogP contribution in [0.1, 0.15) is 11.4 Å². The summed E-state index contributed by atoms with van der Waals surface area (Å²) in [4.78, 5) is 18.0. The minimum Gasteiger partial charge on any atom is -0.504 e. The van der Waals surface area contributed by atoms with E-state index in [4.69, 9.17) is 4.74 Å². The van der Waals surface area contributed by atoms with Gasteiger partial charge in [-0.3, -0.25) is 10.1 Å². The van der Waals surface area contributed by atoms with Gasteiger partial charge in [-0.1, -0.05) is 12.1 Å². The van der Waals surface area contributed by atoms with Gasteiger partial charge in [-0.25, -0.2) is 4.98 Å². The highest BCUT2D eigenvalue weighted by Gasteiger charge is 2.24. The molecule has 0 saturated carbocycles. The monoisotopic (exact) mass is 336 g/mol. The van der Waals surface area contributed by atoms with Crippen molar-refractivity contribution in [2.24, 2.45) is 0 Å². The normalized spacial score (nSPS) is 11.3. The van der Waals surface area contributed by atoms with E-state index in [0.29, 0.717) is 11.3 Å². The van der Waals surface area contributed by atoms with Crippen molar-refractivity contribution in [2.45, 2.75) is 0 Å². The Morgan fingerprint density at radius 2 is 2.16 bits per heavy atom. The molecule has 2 N–H and O–H groups in total. The number of nitrogens with one attached hydrogen (secondary N) is 1. The topological polar surface area (TPSA) is 125 Å². The molecule has 3 aromatic rings. The molecule has 0 spiro atoms. The van der Waals surface area contributed by atoms with Gasteiger partial charge in [-0.2, -0.15) is 5.26 Å². The SMILES string of the molecule is COc1c(O)ccc(/C=C(/C#N)c2nc3ccccc3[nH]2)c1[N+](=O)[O-]. The number of nitro benzene ring substituents is 1. The lowest BCUT2D eigenvalue weighted by atomic mass is 10.1. The number of ether oxygens (including phenoxy) is 1. The number of nitriles is 1. The van der Waals surface area contributed by atoms with Crippen LogP contribution >= 0.6 is 0 Å².